The van der Waals surface area contributed by atoms with E-state index in [1.807, 2.05) is 24.0 Å². The number of para-hydroxylation sites is 1. The summed E-state index contributed by atoms with van der Waals surface area (Å²) in [6, 6.07) is 16.8. The number of aryl methyl sites for hydroxylation is 1. The highest BCUT2D eigenvalue weighted by Crippen LogP contribution is 2.20. The monoisotopic (exact) mass is 351 g/mol. The van der Waals surface area contributed by atoms with Gasteiger partial charge in [-0.2, -0.15) is 0 Å². The fourth-order valence-electron chi connectivity index (χ4n) is 3.66. The van der Waals surface area contributed by atoms with Crippen molar-refractivity contribution in [1.82, 2.24) is 9.47 Å². The van der Waals surface area contributed by atoms with Crippen molar-refractivity contribution >= 4 is 22.5 Å². The van der Waals surface area contributed by atoms with E-state index in [4.69, 9.17) is 0 Å². The fraction of sp³-hybridized carbons (Fsp3) is 0.286. The van der Waals surface area contributed by atoms with Crippen LogP contribution in [0.3, 0.4) is 0 Å². The molecule has 1 saturated heterocycles. The van der Waals surface area contributed by atoms with E-state index in [9.17, 15) is 9.18 Å². The summed E-state index contributed by atoms with van der Waals surface area (Å²) < 4.78 is 15.2. The van der Waals surface area contributed by atoms with Crippen LogP contribution in [0.5, 0.6) is 0 Å². The third-order valence-corrected chi connectivity index (χ3v) is 5.14. The highest BCUT2D eigenvalue weighted by Gasteiger charge is 2.22. The molecule has 26 heavy (non-hydrogen) atoms. The third-order valence-electron chi connectivity index (χ3n) is 5.14. The Bertz CT molecular complexity index is 924. The first-order valence-electron chi connectivity index (χ1n) is 8.95. The van der Waals surface area contributed by atoms with Crippen LogP contribution in [-0.2, 0) is 11.3 Å². The first-order valence-corrected chi connectivity index (χ1v) is 8.95. The predicted octanol–water partition coefficient (Wildman–Crippen LogP) is 3.44. The number of rotatable bonds is 3. The van der Waals surface area contributed by atoms with Crippen LogP contribution in [0.15, 0.2) is 54.6 Å². The third kappa shape index (κ3) is 3.17. The second-order valence-electron chi connectivity index (χ2n) is 6.77. The molecule has 2 aromatic carbocycles. The minimum Gasteiger partial charge on any atom is -0.368 e. The highest BCUT2D eigenvalue weighted by molar-refractivity contribution is 5.84. The van der Waals surface area contributed by atoms with Crippen molar-refractivity contribution in [3.8, 4) is 0 Å². The SMILES string of the molecule is Cc1cc2ccccc2n1CC(=O)N1CCN(c2ccc(F)cc2)CC1. The minimum atomic E-state index is -0.225. The number of carbonyl (C=O) groups excluding carboxylic acids is 1. The Morgan fingerprint density at radius 3 is 2.42 bits per heavy atom. The molecule has 5 heteroatoms. The zero-order valence-corrected chi connectivity index (χ0v) is 14.9. The molecule has 1 amide bonds. The molecule has 0 saturated carbocycles. The van der Waals surface area contributed by atoms with Crippen molar-refractivity contribution in [1.29, 1.82) is 0 Å². The Balaban J connectivity index is 1.42. The molecule has 1 aromatic heterocycles. The fourth-order valence-corrected chi connectivity index (χ4v) is 3.66. The van der Waals surface area contributed by atoms with Crippen LogP contribution in [0.4, 0.5) is 10.1 Å². The molecule has 4 rings (SSSR count). The number of amides is 1. The molecule has 0 aliphatic carbocycles. The van der Waals surface area contributed by atoms with E-state index >= 15 is 0 Å². The van der Waals surface area contributed by atoms with Gasteiger partial charge in [0, 0.05) is 43.1 Å². The lowest BCUT2D eigenvalue weighted by molar-refractivity contribution is -0.132. The maximum Gasteiger partial charge on any atom is 0.242 e. The number of halogens is 1. The van der Waals surface area contributed by atoms with Crippen LogP contribution < -0.4 is 4.90 Å². The summed E-state index contributed by atoms with van der Waals surface area (Å²) >= 11 is 0. The number of nitrogens with zero attached hydrogens (tertiary/aromatic N) is 3. The maximum absolute atomic E-state index is 13.1. The molecule has 0 N–H and O–H groups in total. The van der Waals surface area contributed by atoms with E-state index in [0.717, 1.165) is 30.0 Å². The molecular formula is C21H22FN3O. The molecule has 0 radical (unpaired) electrons. The smallest absolute Gasteiger partial charge is 0.242 e. The highest BCUT2D eigenvalue weighted by atomic mass is 19.1. The van der Waals surface area contributed by atoms with Gasteiger partial charge in [0.25, 0.3) is 0 Å². The molecule has 3 aromatic rings. The molecule has 0 unspecified atom stereocenters. The zero-order valence-electron chi connectivity index (χ0n) is 14.9. The lowest BCUT2D eigenvalue weighted by Gasteiger charge is -2.36. The van der Waals surface area contributed by atoms with Crippen molar-refractivity contribution in [3.63, 3.8) is 0 Å². The van der Waals surface area contributed by atoms with Gasteiger partial charge in [-0.1, -0.05) is 18.2 Å². The summed E-state index contributed by atoms with van der Waals surface area (Å²) in [4.78, 5) is 16.9. The summed E-state index contributed by atoms with van der Waals surface area (Å²) in [5, 5.41) is 1.17. The number of hydrogen-bond donors (Lipinski definition) is 0. The predicted molar refractivity (Wildman–Crippen MR) is 102 cm³/mol. The van der Waals surface area contributed by atoms with E-state index in [1.165, 1.54) is 17.5 Å². The van der Waals surface area contributed by atoms with Crippen LogP contribution in [0.1, 0.15) is 5.69 Å². The molecule has 1 aliphatic heterocycles. The van der Waals surface area contributed by atoms with Crippen molar-refractivity contribution in [3.05, 3.63) is 66.1 Å². The number of aromatic nitrogens is 1. The summed E-state index contributed by atoms with van der Waals surface area (Å²) in [5.41, 5.74) is 3.21. The molecule has 0 spiro atoms. The number of piperazine rings is 1. The molecular weight excluding hydrogens is 329 g/mol. The van der Waals surface area contributed by atoms with Gasteiger partial charge in [-0.05, 0) is 48.7 Å². The van der Waals surface area contributed by atoms with Crippen molar-refractivity contribution in [2.45, 2.75) is 13.5 Å². The topological polar surface area (TPSA) is 28.5 Å². The van der Waals surface area contributed by atoms with Crippen molar-refractivity contribution < 1.29 is 9.18 Å². The maximum atomic E-state index is 13.1. The molecule has 1 fully saturated rings. The average molecular weight is 351 g/mol. The van der Waals surface area contributed by atoms with Gasteiger partial charge < -0.3 is 14.4 Å². The Hall–Kier alpha value is -2.82. The quantitative estimate of drug-likeness (QED) is 0.723. The van der Waals surface area contributed by atoms with Crippen molar-refractivity contribution in [2.75, 3.05) is 31.1 Å². The van der Waals surface area contributed by atoms with Gasteiger partial charge in [-0.3, -0.25) is 4.79 Å². The van der Waals surface area contributed by atoms with E-state index in [2.05, 4.69) is 27.7 Å². The van der Waals surface area contributed by atoms with Gasteiger partial charge in [0.15, 0.2) is 0 Å². The van der Waals surface area contributed by atoms with Crippen LogP contribution in [0.2, 0.25) is 0 Å². The summed E-state index contributed by atoms with van der Waals surface area (Å²) in [6.07, 6.45) is 0. The van der Waals surface area contributed by atoms with E-state index in [0.29, 0.717) is 19.6 Å². The normalized spacial score (nSPS) is 14.8. The second-order valence-corrected chi connectivity index (χ2v) is 6.77. The van der Waals surface area contributed by atoms with Gasteiger partial charge in [-0.25, -0.2) is 4.39 Å². The Labute approximate surface area is 152 Å². The van der Waals surface area contributed by atoms with E-state index in [-0.39, 0.29) is 11.7 Å². The van der Waals surface area contributed by atoms with Crippen LogP contribution in [0.25, 0.3) is 10.9 Å². The molecule has 4 nitrogen and oxygen atoms in total. The largest absolute Gasteiger partial charge is 0.368 e. The van der Waals surface area contributed by atoms with Crippen LogP contribution in [-0.4, -0.2) is 41.6 Å². The minimum absolute atomic E-state index is 0.146. The van der Waals surface area contributed by atoms with Crippen LogP contribution in [0, 0.1) is 12.7 Å². The second kappa shape index (κ2) is 6.83. The summed E-state index contributed by atoms with van der Waals surface area (Å²) in [7, 11) is 0. The summed E-state index contributed by atoms with van der Waals surface area (Å²) in [5.74, 6) is -0.0786. The molecule has 2 heterocycles. The molecule has 134 valence electrons. The number of benzene rings is 2. The Morgan fingerprint density at radius 1 is 1.00 bits per heavy atom. The lowest BCUT2D eigenvalue weighted by atomic mass is 10.2. The Kier molecular flexibility index (Phi) is 4.37. The summed E-state index contributed by atoms with van der Waals surface area (Å²) in [6.45, 7) is 5.32. The van der Waals surface area contributed by atoms with E-state index < -0.39 is 0 Å². The number of anilines is 1. The molecule has 1 aliphatic rings. The Morgan fingerprint density at radius 2 is 1.69 bits per heavy atom. The first kappa shape index (κ1) is 16.6. The van der Waals surface area contributed by atoms with Crippen molar-refractivity contribution in [2.24, 2.45) is 0 Å². The number of carbonyl (C=O) groups is 1. The van der Waals surface area contributed by atoms with Gasteiger partial charge in [-0.15, -0.1) is 0 Å². The van der Waals surface area contributed by atoms with Gasteiger partial charge in [0.2, 0.25) is 5.91 Å². The molecule has 0 atom stereocenters. The standard InChI is InChI=1S/C21H22FN3O/c1-16-14-17-4-2-3-5-20(17)25(16)15-21(26)24-12-10-23(11-13-24)19-8-6-18(22)7-9-19/h2-9,14H,10-13,15H2,1H3. The van der Waals surface area contributed by atoms with Gasteiger partial charge in [0.1, 0.15) is 12.4 Å². The van der Waals surface area contributed by atoms with Gasteiger partial charge >= 0.3 is 0 Å². The zero-order chi connectivity index (χ0) is 18.1. The molecule has 0 bridgehead atoms. The number of fused-ring (bicyclic) bond motifs is 1. The number of hydrogen-bond acceptors (Lipinski definition) is 2. The first-order chi connectivity index (χ1) is 12.6. The average Bonchev–Trinajstić information content (AvgIpc) is 2.98. The lowest BCUT2D eigenvalue weighted by Crippen LogP contribution is -2.49. The van der Waals surface area contributed by atoms with E-state index in [1.54, 1.807) is 12.1 Å². The van der Waals surface area contributed by atoms with Gasteiger partial charge in [0.05, 0.1) is 0 Å². The van der Waals surface area contributed by atoms with Crippen LogP contribution >= 0.6 is 0 Å².